The Morgan fingerprint density at radius 2 is 1.74 bits per heavy atom. The van der Waals surface area contributed by atoms with E-state index in [0.29, 0.717) is 18.7 Å². The van der Waals surface area contributed by atoms with Gasteiger partial charge in [0.2, 0.25) is 5.91 Å². The highest BCUT2D eigenvalue weighted by Gasteiger charge is 2.01. The fourth-order valence-electron chi connectivity index (χ4n) is 1.80. The Kier molecular flexibility index (Phi) is 4.15. The summed E-state index contributed by atoms with van der Waals surface area (Å²) in [5.74, 6) is -0.154. The van der Waals surface area contributed by atoms with Crippen molar-refractivity contribution in [1.29, 1.82) is 0 Å². The van der Waals surface area contributed by atoms with Gasteiger partial charge < -0.3 is 16.2 Å². The lowest BCUT2D eigenvalue weighted by atomic mass is 10.1. The maximum atomic E-state index is 11.1. The standard InChI is InChI=1S/C15H16N2O2/c16-15(19)13-3-1-2-12(8-13)10-17-9-11-4-6-14(18)7-5-11/h1-8,17-18H,9-10H2,(H2,16,19). The molecule has 2 rings (SSSR count). The van der Waals surface area contributed by atoms with E-state index in [4.69, 9.17) is 5.73 Å². The van der Waals surface area contributed by atoms with Crippen LogP contribution >= 0.6 is 0 Å². The molecule has 0 aliphatic carbocycles. The van der Waals surface area contributed by atoms with Crippen LogP contribution in [0.5, 0.6) is 5.75 Å². The van der Waals surface area contributed by atoms with Crippen LogP contribution in [0.2, 0.25) is 0 Å². The maximum absolute atomic E-state index is 11.1. The van der Waals surface area contributed by atoms with Crippen molar-refractivity contribution in [2.24, 2.45) is 5.73 Å². The lowest BCUT2D eigenvalue weighted by Gasteiger charge is -2.06. The fraction of sp³-hybridized carbons (Fsp3) is 0.133. The molecule has 19 heavy (non-hydrogen) atoms. The van der Waals surface area contributed by atoms with Crippen LogP contribution in [0.3, 0.4) is 0 Å². The Morgan fingerprint density at radius 3 is 2.42 bits per heavy atom. The van der Waals surface area contributed by atoms with Crippen LogP contribution in [0.15, 0.2) is 48.5 Å². The molecule has 0 atom stereocenters. The number of rotatable bonds is 5. The van der Waals surface area contributed by atoms with Crippen molar-refractivity contribution in [3.63, 3.8) is 0 Å². The highest BCUT2D eigenvalue weighted by atomic mass is 16.3. The second-order valence-corrected chi connectivity index (χ2v) is 4.33. The van der Waals surface area contributed by atoms with E-state index >= 15 is 0 Å². The van der Waals surface area contributed by atoms with E-state index in [0.717, 1.165) is 11.1 Å². The zero-order valence-electron chi connectivity index (χ0n) is 10.5. The Balaban J connectivity index is 1.90. The number of benzene rings is 2. The minimum absolute atomic E-state index is 0.262. The van der Waals surface area contributed by atoms with E-state index in [2.05, 4.69) is 5.32 Å². The number of phenolic OH excluding ortho intramolecular Hbond substituents is 1. The van der Waals surface area contributed by atoms with Crippen LogP contribution < -0.4 is 11.1 Å². The number of nitrogens with one attached hydrogen (secondary N) is 1. The number of aromatic hydroxyl groups is 1. The summed E-state index contributed by atoms with van der Waals surface area (Å²) in [7, 11) is 0. The summed E-state index contributed by atoms with van der Waals surface area (Å²) in [6, 6.07) is 14.3. The second-order valence-electron chi connectivity index (χ2n) is 4.33. The van der Waals surface area contributed by atoms with Gasteiger partial charge in [-0.15, -0.1) is 0 Å². The molecular formula is C15H16N2O2. The maximum Gasteiger partial charge on any atom is 0.248 e. The van der Waals surface area contributed by atoms with Gasteiger partial charge in [-0.05, 0) is 35.4 Å². The molecule has 4 nitrogen and oxygen atoms in total. The van der Waals surface area contributed by atoms with Gasteiger partial charge in [0.15, 0.2) is 0 Å². The lowest BCUT2D eigenvalue weighted by Crippen LogP contribution is -2.14. The topological polar surface area (TPSA) is 75.4 Å². The van der Waals surface area contributed by atoms with Crippen LogP contribution in [-0.2, 0) is 13.1 Å². The van der Waals surface area contributed by atoms with Crippen molar-refractivity contribution >= 4 is 5.91 Å². The summed E-state index contributed by atoms with van der Waals surface area (Å²) in [6.45, 7) is 1.35. The normalized spacial score (nSPS) is 10.3. The van der Waals surface area contributed by atoms with Gasteiger partial charge in [0, 0.05) is 18.7 Å². The van der Waals surface area contributed by atoms with E-state index in [9.17, 15) is 9.90 Å². The Hall–Kier alpha value is -2.33. The van der Waals surface area contributed by atoms with Gasteiger partial charge in [0.05, 0.1) is 0 Å². The van der Waals surface area contributed by atoms with Gasteiger partial charge in [-0.3, -0.25) is 4.79 Å². The van der Waals surface area contributed by atoms with E-state index in [1.807, 2.05) is 24.3 Å². The number of phenols is 1. The first-order chi connectivity index (χ1) is 9.15. The smallest absolute Gasteiger partial charge is 0.248 e. The number of hydrogen-bond acceptors (Lipinski definition) is 3. The average Bonchev–Trinajstić information content (AvgIpc) is 2.41. The molecule has 0 fully saturated rings. The molecule has 0 unspecified atom stereocenters. The van der Waals surface area contributed by atoms with Crippen molar-refractivity contribution in [2.75, 3.05) is 0 Å². The van der Waals surface area contributed by atoms with Gasteiger partial charge in [-0.25, -0.2) is 0 Å². The third-order valence-electron chi connectivity index (χ3n) is 2.81. The monoisotopic (exact) mass is 256 g/mol. The number of carbonyl (C=O) groups excluding carboxylic acids is 1. The molecule has 0 aliphatic rings. The number of amides is 1. The van der Waals surface area contributed by atoms with Crippen LogP contribution in [0, 0.1) is 0 Å². The predicted octanol–water partition coefficient (Wildman–Crippen LogP) is 1.78. The molecule has 0 radical (unpaired) electrons. The Morgan fingerprint density at radius 1 is 1.05 bits per heavy atom. The first-order valence-electron chi connectivity index (χ1n) is 6.02. The number of primary amides is 1. The molecule has 1 amide bonds. The summed E-state index contributed by atoms with van der Waals surface area (Å²) in [5, 5.41) is 12.4. The van der Waals surface area contributed by atoms with Gasteiger partial charge in [-0.2, -0.15) is 0 Å². The predicted molar refractivity (Wildman–Crippen MR) is 73.6 cm³/mol. The fourth-order valence-corrected chi connectivity index (χ4v) is 1.80. The van der Waals surface area contributed by atoms with E-state index in [-0.39, 0.29) is 5.75 Å². The molecule has 98 valence electrons. The molecule has 2 aromatic carbocycles. The summed E-state index contributed by atoms with van der Waals surface area (Å²) < 4.78 is 0. The summed E-state index contributed by atoms with van der Waals surface area (Å²) in [4.78, 5) is 11.1. The first kappa shape index (κ1) is 13.1. The van der Waals surface area contributed by atoms with E-state index < -0.39 is 5.91 Å². The van der Waals surface area contributed by atoms with Crippen LogP contribution in [-0.4, -0.2) is 11.0 Å². The molecule has 0 saturated carbocycles. The average molecular weight is 256 g/mol. The SMILES string of the molecule is NC(=O)c1cccc(CNCc2ccc(O)cc2)c1. The second kappa shape index (κ2) is 6.02. The largest absolute Gasteiger partial charge is 0.508 e. The molecule has 4 heteroatoms. The molecule has 0 aliphatic heterocycles. The molecule has 0 bridgehead atoms. The highest BCUT2D eigenvalue weighted by molar-refractivity contribution is 5.92. The van der Waals surface area contributed by atoms with E-state index in [1.165, 1.54) is 0 Å². The summed E-state index contributed by atoms with van der Waals surface area (Å²) >= 11 is 0. The van der Waals surface area contributed by atoms with Crippen LogP contribution in [0.1, 0.15) is 21.5 Å². The minimum Gasteiger partial charge on any atom is -0.508 e. The molecule has 0 heterocycles. The van der Waals surface area contributed by atoms with Crippen LogP contribution in [0.25, 0.3) is 0 Å². The van der Waals surface area contributed by atoms with Crippen molar-refractivity contribution in [2.45, 2.75) is 13.1 Å². The lowest BCUT2D eigenvalue weighted by molar-refractivity contribution is 0.1000. The quantitative estimate of drug-likeness (QED) is 0.763. The van der Waals surface area contributed by atoms with Gasteiger partial charge in [-0.1, -0.05) is 24.3 Å². The molecular weight excluding hydrogens is 240 g/mol. The zero-order valence-corrected chi connectivity index (χ0v) is 10.5. The van der Waals surface area contributed by atoms with Crippen molar-refractivity contribution in [1.82, 2.24) is 5.32 Å². The van der Waals surface area contributed by atoms with Crippen molar-refractivity contribution in [3.8, 4) is 5.75 Å². The third kappa shape index (κ3) is 3.82. The minimum atomic E-state index is -0.416. The number of carbonyl (C=O) groups is 1. The zero-order chi connectivity index (χ0) is 13.7. The summed E-state index contributed by atoms with van der Waals surface area (Å²) in [6.07, 6.45) is 0. The first-order valence-corrected chi connectivity index (χ1v) is 6.02. The Labute approximate surface area is 111 Å². The van der Waals surface area contributed by atoms with Gasteiger partial charge in [0.25, 0.3) is 0 Å². The number of nitrogens with two attached hydrogens (primary N) is 1. The molecule has 0 aromatic heterocycles. The molecule has 4 N–H and O–H groups in total. The number of hydrogen-bond donors (Lipinski definition) is 3. The molecule has 2 aromatic rings. The van der Waals surface area contributed by atoms with Gasteiger partial charge >= 0.3 is 0 Å². The van der Waals surface area contributed by atoms with E-state index in [1.54, 1.807) is 24.3 Å². The summed E-state index contributed by atoms with van der Waals surface area (Å²) in [5.41, 5.74) is 7.85. The van der Waals surface area contributed by atoms with Gasteiger partial charge in [0.1, 0.15) is 5.75 Å². The third-order valence-corrected chi connectivity index (χ3v) is 2.81. The molecule has 0 saturated heterocycles. The van der Waals surface area contributed by atoms with Crippen molar-refractivity contribution in [3.05, 3.63) is 65.2 Å². The van der Waals surface area contributed by atoms with Crippen LogP contribution in [0.4, 0.5) is 0 Å². The highest BCUT2D eigenvalue weighted by Crippen LogP contribution is 2.10. The Bertz CT molecular complexity index is 565. The molecule has 0 spiro atoms. The van der Waals surface area contributed by atoms with Crippen molar-refractivity contribution < 1.29 is 9.90 Å².